The first kappa shape index (κ1) is 19.4. The number of anilines is 1. The van der Waals surface area contributed by atoms with Crippen LogP contribution in [0.4, 0.5) is 5.69 Å². The standard InChI is InChI=1S/C23H25N3O2/c1-17(19-8-4-3-5-9-19)26-23(27)20-14-21(16-24-15-20)25-12-11-18-7-6-10-22(13-18)28-2/h3-10,13-17,25H,11-12H2,1-2H3,(H,26,27). The molecule has 3 aromatic rings. The first-order valence-corrected chi connectivity index (χ1v) is 9.33. The second-order valence-electron chi connectivity index (χ2n) is 6.60. The number of nitrogens with one attached hydrogen (secondary N) is 2. The fourth-order valence-electron chi connectivity index (χ4n) is 2.94. The average molecular weight is 375 g/mol. The zero-order valence-corrected chi connectivity index (χ0v) is 16.2. The first-order chi connectivity index (χ1) is 13.7. The van der Waals surface area contributed by atoms with Crippen LogP contribution in [-0.4, -0.2) is 24.5 Å². The van der Waals surface area contributed by atoms with Gasteiger partial charge in [0.15, 0.2) is 0 Å². The van der Waals surface area contributed by atoms with E-state index in [9.17, 15) is 4.79 Å². The normalized spacial score (nSPS) is 11.5. The minimum Gasteiger partial charge on any atom is -0.497 e. The zero-order valence-electron chi connectivity index (χ0n) is 16.2. The molecular formula is C23H25N3O2. The largest absolute Gasteiger partial charge is 0.497 e. The number of ether oxygens (including phenoxy) is 1. The van der Waals surface area contributed by atoms with Crippen molar-refractivity contribution in [2.75, 3.05) is 19.0 Å². The molecule has 1 atom stereocenters. The van der Waals surface area contributed by atoms with Crippen molar-refractivity contribution < 1.29 is 9.53 Å². The van der Waals surface area contributed by atoms with Gasteiger partial charge in [0.25, 0.3) is 5.91 Å². The Bertz CT molecular complexity index is 912. The van der Waals surface area contributed by atoms with Gasteiger partial charge in [-0.05, 0) is 42.7 Å². The third-order valence-corrected chi connectivity index (χ3v) is 4.52. The van der Waals surface area contributed by atoms with Crippen LogP contribution < -0.4 is 15.4 Å². The summed E-state index contributed by atoms with van der Waals surface area (Å²) in [6.45, 7) is 2.71. The third-order valence-electron chi connectivity index (χ3n) is 4.52. The van der Waals surface area contributed by atoms with Crippen LogP contribution in [0, 0.1) is 0 Å². The number of benzene rings is 2. The van der Waals surface area contributed by atoms with Gasteiger partial charge < -0.3 is 15.4 Å². The van der Waals surface area contributed by atoms with Crippen molar-refractivity contribution in [3.63, 3.8) is 0 Å². The van der Waals surface area contributed by atoms with E-state index in [1.165, 1.54) is 5.56 Å². The van der Waals surface area contributed by atoms with E-state index in [0.29, 0.717) is 5.56 Å². The van der Waals surface area contributed by atoms with E-state index in [2.05, 4.69) is 21.7 Å². The Labute approximate surface area is 165 Å². The van der Waals surface area contributed by atoms with Gasteiger partial charge >= 0.3 is 0 Å². The summed E-state index contributed by atoms with van der Waals surface area (Å²) in [7, 11) is 1.66. The van der Waals surface area contributed by atoms with E-state index in [-0.39, 0.29) is 11.9 Å². The van der Waals surface area contributed by atoms with Gasteiger partial charge in [-0.1, -0.05) is 42.5 Å². The molecule has 5 heteroatoms. The fraction of sp³-hybridized carbons (Fsp3) is 0.217. The highest BCUT2D eigenvalue weighted by Crippen LogP contribution is 2.15. The second kappa shape index (κ2) is 9.55. The van der Waals surface area contributed by atoms with Gasteiger partial charge in [-0.2, -0.15) is 0 Å². The number of aromatic nitrogens is 1. The van der Waals surface area contributed by atoms with E-state index in [1.807, 2.05) is 61.5 Å². The highest BCUT2D eigenvalue weighted by molar-refractivity contribution is 5.94. The van der Waals surface area contributed by atoms with Gasteiger partial charge in [-0.15, -0.1) is 0 Å². The van der Waals surface area contributed by atoms with E-state index in [1.54, 1.807) is 19.5 Å². The molecule has 28 heavy (non-hydrogen) atoms. The molecule has 0 saturated carbocycles. The Morgan fingerprint density at radius 2 is 1.89 bits per heavy atom. The van der Waals surface area contributed by atoms with Gasteiger partial charge in [0.2, 0.25) is 0 Å². The van der Waals surface area contributed by atoms with Crippen LogP contribution in [0.5, 0.6) is 5.75 Å². The van der Waals surface area contributed by atoms with Gasteiger partial charge in [-0.25, -0.2) is 0 Å². The number of hydrogen-bond acceptors (Lipinski definition) is 4. The Kier molecular flexibility index (Phi) is 6.63. The quantitative estimate of drug-likeness (QED) is 0.618. The summed E-state index contributed by atoms with van der Waals surface area (Å²) < 4.78 is 5.25. The van der Waals surface area contributed by atoms with Crippen molar-refractivity contribution in [3.8, 4) is 5.75 Å². The Hall–Kier alpha value is -3.34. The van der Waals surface area contributed by atoms with Crippen molar-refractivity contribution in [3.05, 3.63) is 89.7 Å². The van der Waals surface area contributed by atoms with Crippen LogP contribution in [-0.2, 0) is 6.42 Å². The summed E-state index contributed by atoms with van der Waals surface area (Å²) in [5, 5.41) is 6.34. The molecule has 0 aliphatic rings. The summed E-state index contributed by atoms with van der Waals surface area (Å²) in [6, 6.07) is 19.6. The summed E-state index contributed by atoms with van der Waals surface area (Å²) in [4.78, 5) is 16.7. The molecule has 1 amide bonds. The summed E-state index contributed by atoms with van der Waals surface area (Å²) in [6.07, 6.45) is 4.15. The molecule has 0 radical (unpaired) electrons. The minimum atomic E-state index is -0.139. The molecule has 1 unspecified atom stereocenters. The minimum absolute atomic E-state index is 0.0709. The van der Waals surface area contributed by atoms with Crippen molar-refractivity contribution >= 4 is 11.6 Å². The van der Waals surface area contributed by atoms with Crippen LogP contribution in [0.15, 0.2) is 73.1 Å². The molecule has 2 aromatic carbocycles. The van der Waals surface area contributed by atoms with E-state index < -0.39 is 0 Å². The lowest BCUT2D eigenvalue weighted by Gasteiger charge is -2.14. The molecule has 0 saturated heterocycles. The topological polar surface area (TPSA) is 63.2 Å². The predicted molar refractivity (Wildman–Crippen MR) is 112 cm³/mol. The van der Waals surface area contributed by atoms with Crippen LogP contribution >= 0.6 is 0 Å². The molecule has 3 rings (SSSR count). The summed E-state index contributed by atoms with van der Waals surface area (Å²) in [5.41, 5.74) is 3.61. The monoisotopic (exact) mass is 375 g/mol. The molecule has 1 heterocycles. The summed E-state index contributed by atoms with van der Waals surface area (Å²) in [5.74, 6) is 0.714. The number of rotatable bonds is 8. The summed E-state index contributed by atoms with van der Waals surface area (Å²) >= 11 is 0. The van der Waals surface area contributed by atoms with Gasteiger partial charge in [0, 0.05) is 18.9 Å². The molecule has 0 spiro atoms. The Morgan fingerprint density at radius 1 is 1.07 bits per heavy atom. The lowest BCUT2D eigenvalue weighted by Crippen LogP contribution is -2.26. The highest BCUT2D eigenvalue weighted by Gasteiger charge is 2.12. The lowest BCUT2D eigenvalue weighted by atomic mass is 10.1. The number of amides is 1. The van der Waals surface area contributed by atoms with Crippen molar-refractivity contribution in [1.29, 1.82) is 0 Å². The van der Waals surface area contributed by atoms with Gasteiger partial charge in [0.1, 0.15) is 5.75 Å². The van der Waals surface area contributed by atoms with E-state index in [0.717, 1.165) is 30.0 Å². The molecule has 0 bridgehead atoms. The van der Waals surface area contributed by atoms with Gasteiger partial charge in [0.05, 0.1) is 24.4 Å². The van der Waals surface area contributed by atoms with Crippen LogP contribution in [0.1, 0.15) is 34.5 Å². The maximum Gasteiger partial charge on any atom is 0.253 e. The fourth-order valence-corrected chi connectivity index (χ4v) is 2.94. The number of nitrogens with zero attached hydrogens (tertiary/aromatic N) is 1. The number of pyridine rings is 1. The first-order valence-electron chi connectivity index (χ1n) is 9.33. The molecule has 0 fully saturated rings. The van der Waals surface area contributed by atoms with Crippen molar-refractivity contribution in [2.45, 2.75) is 19.4 Å². The molecule has 0 aliphatic heterocycles. The molecule has 0 aliphatic carbocycles. The highest BCUT2D eigenvalue weighted by atomic mass is 16.5. The van der Waals surface area contributed by atoms with E-state index in [4.69, 9.17) is 4.74 Å². The maximum atomic E-state index is 12.6. The number of methoxy groups -OCH3 is 1. The lowest BCUT2D eigenvalue weighted by molar-refractivity contribution is 0.0939. The third kappa shape index (κ3) is 5.33. The SMILES string of the molecule is COc1cccc(CCNc2cncc(C(=O)NC(C)c3ccccc3)c2)c1. The maximum absolute atomic E-state index is 12.6. The molecular weight excluding hydrogens is 350 g/mol. The molecule has 1 aromatic heterocycles. The smallest absolute Gasteiger partial charge is 0.253 e. The second-order valence-corrected chi connectivity index (χ2v) is 6.60. The zero-order chi connectivity index (χ0) is 19.8. The van der Waals surface area contributed by atoms with Gasteiger partial charge in [-0.3, -0.25) is 9.78 Å². The average Bonchev–Trinajstić information content (AvgIpc) is 2.74. The molecule has 2 N–H and O–H groups in total. The van der Waals surface area contributed by atoms with Crippen LogP contribution in [0.3, 0.4) is 0 Å². The van der Waals surface area contributed by atoms with E-state index >= 15 is 0 Å². The molecule has 5 nitrogen and oxygen atoms in total. The Morgan fingerprint density at radius 3 is 2.68 bits per heavy atom. The Balaban J connectivity index is 1.56. The molecule has 144 valence electrons. The number of carbonyl (C=O) groups excluding carboxylic acids is 1. The number of hydrogen-bond donors (Lipinski definition) is 2. The predicted octanol–water partition coefficient (Wildman–Crippen LogP) is 4.24. The van der Waals surface area contributed by atoms with Crippen molar-refractivity contribution in [2.24, 2.45) is 0 Å². The van der Waals surface area contributed by atoms with Crippen LogP contribution in [0.2, 0.25) is 0 Å². The number of carbonyl (C=O) groups is 1. The van der Waals surface area contributed by atoms with Crippen molar-refractivity contribution in [1.82, 2.24) is 10.3 Å². The van der Waals surface area contributed by atoms with Crippen LogP contribution in [0.25, 0.3) is 0 Å².